The number of nitrogens with zero attached hydrogens (tertiary/aromatic N) is 4. The number of piperidine rings is 2. The molecule has 1 aromatic heterocycles. The minimum Gasteiger partial charge on any atom is -0.350 e. The van der Waals surface area contributed by atoms with E-state index in [0.29, 0.717) is 18.6 Å². The van der Waals surface area contributed by atoms with Crippen molar-refractivity contribution in [3.63, 3.8) is 0 Å². The lowest BCUT2D eigenvalue weighted by Crippen LogP contribution is -2.51. The number of likely N-dealkylation sites (tertiary alicyclic amines) is 2. The Kier molecular flexibility index (Phi) is 6.09. The number of imidazole rings is 1. The highest BCUT2D eigenvalue weighted by Crippen LogP contribution is 2.26. The van der Waals surface area contributed by atoms with E-state index in [1.165, 1.54) is 25.9 Å². The lowest BCUT2D eigenvalue weighted by Gasteiger charge is -2.43. The Labute approximate surface area is 167 Å². The van der Waals surface area contributed by atoms with Gasteiger partial charge in [-0.15, -0.1) is 0 Å². The van der Waals surface area contributed by atoms with Crippen LogP contribution in [0.5, 0.6) is 0 Å². The third-order valence-corrected chi connectivity index (χ3v) is 7.34. The van der Waals surface area contributed by atoms with Crippen molar-refractivity contribution in [1.29, 1.82) is 0 Å². The molecule has 2 saturated heterocycles. The van der Waals surface area contributed by atoms with Crippen LogP contribution < -0.4 is 5.32 Å². The lowest BCUT2D eigenvalue weighted by molar-refractivity contribution is -0.127. The molecule has 3 aliphatic heterocycles. The van der Waals surface area contributed by atoms with Crippen LogP contribution in [-0.2, 0) is 17.9 Å². The average Bonchev–Trinajstić information content (AvgIpc) is 3.28. The van der Waals surface area contributed by atoms with Gasteiger partial charge in [-0.25, -0.2) is 4.98 Å². The number of hydrogen-bond acceptors (Lipinski definition) is 5. The molecule has 0 spiro atoms. The maximum Gasteiger partial charge on any atom is 0.224 e. The van der Waals surface area contributed by atoms with E-state index in [9.17, 15) is 4.79 Å². The monoisotopic (exact) mass is 391 g/mol. The Morgan fingerprint density at radius 3 is 2.81 bits per heavy atom. The maximum atomic E-state index is 12.7. The van der Waals surface area contributed by atoms with E-state index in [1.54, 1.807) is 11.8 Å². The molecule has 0 saturated carbocycles. The number of aromatic nitrogens is 2. The van der Waals surface area contributed by atoms with Crippen LogP contribution in [0, 0.1) is 5.92 Å². The fourth-order valence-electron chi connectivity index (χ4n) is 4.69. The SMILES string of the molecule is CC(C)N1CCC(N2CCCC(C(=O)NCc3cn4c(n3)SCC4)C2)CC1. The average molecular weight is 392 g/mol. The molecule has 1 amide bonds. The normalized spacial score (nSPS) is 25.1. The first-order valence-corrected chi connectivity index (χ1v) is 11.5. The van der Waals surface area contributed by atoms with Gasteiger partial charge in [0.25, 0.3) is 0 Å². The number of amides is 1. The van der Waals surface area contributed by atoms with Gasteiger partial charge in [0, 0.05) is 37.1 Å². The number of hydrogen-bond donors (Lipinski definition) is 1. The number of carbonyl (C=O) groups is 1. The van der Waals surface area contributed by atoms with Gasteiger partial charge in [0.1, 0.15) is 0 Å². The van der Waals surface area contributed by atoms with Crippen LogP contribution in [0.3, 0.4) is 0 Å². The van der Waals surface area contributed by atoms with Gasteiger partial charge in [-0.3, -0.25) is 9.69 Å². The zero-order chi connectivity index (χ0) is 18.8. The van der Waals surface area contributed by atoms with E-state index in [0.717, 1.165) is 49.1 Å². The van der Waals surface area contributed by atoms with Crippen molar-refractivity contribution in [2.75, 3.05) is 31.9 Å². The van der Waals surface area contributed by atoms with Crippen molar-refractivity contribution in [1.82, 2.24) is 24.7 Å². The van der Waals surface area contributed by atoms with Crippen LogP contribution in [0.15, 0.2) is 11.4 Å². The summed E-state index contributed by atoms with van der Waals surface area (Å²) in [5.74, 6) is 1.45. The Bertz CT molecular complexity index is 631. The van der Waals surface area contributed by atoms with Crippen molar-refractivity contribution >= 4 is 17.7 Å². The third kappa shape index (κ3) is 4.51. The van der Waals surface area contributed by atoms with Gasteiger partial charge in [0.15, 0.2) is 5.16 Å². The number of fused-ring (bicyclic) bond motifs is 1. The number of carbonyl (C=O) groups excluding carboxylic acids is 1. The highest BCUT2D eigenvalue weighted by Gasteiger charge is 2.32. The zero-order valence-corrected chi connectivity index (χ0v) is 17.5. The van der Waals surface area contributed by atoms with Gasteiger partial charge in [-0.1, -0.05) is 11.8 Å². The second-order valence-electron chi connectivity index (χ2n) is 8.47. The third-order valence-electron chi connectivity index (χ3n) is 6.37. The molecular formula is C20H33N5OS. The minimum absolute atomic E-state index is 0.130. The largest absolute Gasteiger partial charge is 0.350 e. The van der Waals surface area contributed by atoms with E-state index < -0.39 is 0 Å². The summed E-state index contributed by atoms with van der Waals surface area (Å²) >= 11 is 1.80. The second-order valence-corrected chi connectivity index (χ2v) is 9.53. The van der Waals surface area contributed by atoms with E-state index >= 15 is 0 Å². The Morgan fingerprint density at radius 2 is 2.07 bits per heavy atom. The molecular weight excluding hydrogens is 358 g/mol. The summed E-state index contributed by atoms with van der Waals surface area (Å²) in [6.45, 7) is 10.6. The quantitative estimate of drug-likeness (QED) is 0.834. The molecule has 150 valence electrons. The summed E-state index contributed by atoms with van der Waals surface area (Å²) in [6.07, 6.45) is 6.72. The molecule has 4 heterocycles. The maximum absolute atomic E-state index is 12.7. The minimum atomic E-state index is 0.130. The van der Waals surface area contributed by atoms with Crippen LogP contribution in [-0.4, -0.2) is 69.3 Å². The number of aryl methyl sites for hydroxylation is 1. The number of rotatable bonds is 5. The Balaban J connectivity index is 1.25. The molecule has 27 heavy (non-hydrogen) atoms. The predicted octanol–water partition coefficient (Wildman–Crippen LogP) is 2.19. The first kappa shape index (κ1) is 19.3. The fourth-order valence-corrected chi connectivity index (χ4v) is 5.65. The van der Waals surface area contributed by atoms with Crippen molar-refractivity contribution in [2.45, 2.75) is 69.9 Å². The van der Waals surface area contributed by atoms with Crippen LogP contribution in [0.4, 0.5) is 0 Å². The summed E-state index contributed by atoms with van der Waals surface area (Å²) in [7, 11) is 0. The van der Waals surface area contributed by atoms with Crippen LogP contribution in [0.1, 0.15) is 45.2 Å². The van der Waals surface area contributed by atoms with E-state index in [-0.39, 0.29) is 11.8 Å². The van der Waals surface area contributed by atoms with Crippen LogP contribution in [0.25, 0.3) is 0 Å². The first-order valence-electron chi connectivity index (χ1n) is 10.5. The molecule has 2 fully saturated rings. The first-order chi connectivity index (χ1) is 13.1. The number of thioether (sulfide) groups is 1. The van der Waals surface area contributed by atoms with Crippen LogP contribution >= 0.6 is 11.8 Å². The summed E-state index contributed by atoms with van der Waals surface area (Å²) in [4.78, 5) is 22.5. The van der Waals surface area contributed by atoms with E-state index in [4.69, 9.17) is 0 Å². The van der Waals surface area contributed by atoms with Crippen LogP contribution in [0.2, 0.25) is 0 Å². The van der Waals surface area contributed by atoms with Crippen molar-refractivity contribution in [2.24, 2.45) is 5.92 Å². The molecule has 0 bridgehead atoms. The zero-order valence-electron chi connectivity index (χ0n) is 16.7. The van der Waals surface area contributed by atoms with Gasteiger partial charge in [-0.2, -0.15) is 0 Å². The smallest absolute Gasteiger partial charge is 0.224 e. The van der Waals surface area contributed by atoms with Gasteiger partial charge in [0.05, 0.1) is 18.2 Å². The Hall–Kier alpha value is -1.05. The summed E-state index contributed by atoms with van der Waals surface area (Å²) < 4.78 is 2.19. The molecule has 4 rings (SSSR count). The number of nitrogens with one attached hydrogen (secondary N) is 1. The highest BCUT2D eigenvalue weighted by atomic mass is 32.2. The van der Waals surface area contributed by atoms with Crippen molar-refractivity contribution in [3.05, 3.63) is 11.9 Å². The van der Waals surface area contributed by atoms with Gasteiger partial charge in [-0.05, 0) is 59.2 Å². The molecule has 1 atom stereocenters. The van der Waals surface area contributed by atoms with Gasteiger partial charge >= 0.3 is 0 Å². The molecule has 1 unspecified atom stereocenters. The molecule has 0 radical (unpaired) electrons. The molecule has 7 heteroatoms. The molecule has 0 aromatic carbocycles. The summed E-state index contributed by atoms with van der Waals surface area (Å²) in [5.41, 5.74) is 0.985. The molecule has 1 aromatic rings. The van der Waals surface area contributed by atoms with Crippen molar-refractivity contribution in [3.8, 4) is 0 Å². The topological polar surface area (TPSA) is 53.4 Å². The van der Waals surface area contributed by atoms with Crippen molar-refractivity contribution < 1.29 is 4.79 Å². The standard InChI is InChI=1S/C20H33N5OS/c1-15(2)23-8-5-18(6-9-23)24-7-3-4-16(13-24)19(26)21-12-17-14-25-10-11-27-20(25)22-17/h14-16,18H,3-13H2,1-2H3,(H,21,26). The molecule has 1 N–H and O–H groups in total. The van der Waals surface area contributed by atoms with Gasteiger partial charge < -0.3 is 14.8 Å². The lowest BCUT2D eigenvalue weighted by atomic mass is 9.93. The second kappa shape index (κ2) is 8.53. The fraction of sp³-hybridized carbons (Fsp3) is 0.800. The highest BCUT2D eigenvalue weighted by molar-refractivity contribution is 7.99. The predicted molar refractivity (Wildman–Crippen MR) is 109 cm³/mol. The molecule has 3 aliphatic rings. The molecule has 0 aliphatic carbocycles. The molecule has 6 nitrogen and oxygen atoms in total. The van der Waals surface area contributed by atoms with E-state index in [2.05, 4.69) is 44.7 Å². The van der Waals surface area contributed by atoms with Gasteiger partial charge in [0.2, 0.25) is 5.91 Å². The van der Waals surface area contributed by atoms with E-state index in [1.807, 2.05) is 0 Å². The Morgan fingerprint density at radius 1 is 1.26 bits per heavy atom. The summed E-state index contributed by atoms with van der Waals surface area (Å²) in [6, 6.07) is 1.30. The summed E-state index contributed by atoms with van der Waals surface area (Å²) in [5, 5.41) is 4.24.